The minimum atomic E-state index is -0.0652. The van der Waals surface area contributed by atoms with Crippen molar-refractivity contribution >= 4 is 67.9 Å². The van der Waals surface area contributed by atoms with Crippen molar-refractivity contribution in [3.05, 3.63) is 39.0 Å². The minimum Gasteiger partial charge on any atom is -0.494 e. The maximum atomic E-state index is 13.3. The van der Waals surface area contributed by atoms with Gasteiger partial charge in [0.2, 0.25) is 0 Å². The lowest BCUT2D eigenvalue weighted by Gasteiger charge is -2.27. The molecule has 0 saturated carbocycles. The van der Waals surface area contributed by atoms with E-state index in [-0.39, 0.29) is 18.3 Å². The fourth-order valence-electron chi connectivity index (χ4n) is 3.50. The molecule has 4 rings (SSSR count). The van der Waals surface area contributed by atoms with E-state index in [0.29, 0.717) is 20.9 Å². The molecule has 1 amide bonds. The zero-order chi connectivity index (χ0) is 21.1. The van der Waals surface area contributed by atoms with Gasteiger partial charge in [0, 0.05) is 26.2 Å². The third-order valence-electron chi connectivity index (χ3n) is 5.13. The smallest absolute Gasteiger partial charge is 0.270 e. The predicted octanol–water partition coefficient (Wildman–Crippen LogP) is 5.12. The zero-order valence-corrected chi connectivity index (χ0v) is 20.6. The lowest BCUT2D eigenvalue weighted by atomic mass is 10.2. The van der Waals surface area contributed by atoms with E-state index >= 15 is 0 Å². The van der Waals surface area contributed by atoms with E-state index in [1.807, 2.05) is 19.1 Å². The summed E-state index contributed by atoms with van der Waals surface area (Å²) in [5, 5.41) is 0.689. The van der Waals surface area contributed by atoms with E-state index in [9.17, 15) is 4.79 Å². The molecule has 0 spiro atoms. The maximum Gasteiger partial charge on any atom is 0.270 e. The molecule has 1 aromatic carbocycles. The lowest BCUT2D eigenvalue weighted by molar-refractivity contribution is 0.0376. The van der Waals surface area contributed by atoms with Crippen molar-refractivity contribution in [2.75, 3.05) is 51.4 Å². The van der Waals surface area contributed by atoms with Crippen molar-refractivity contribution < 1.29 is 14.3 Å². The van der Waals surface area contributed by atoms with Crippen molar-refractivity contribution in [3.63, 3.8) is 0 Å². The number of morpholine rings is 1. The number of fused-ring (bicyclic) bond motifs is 1. The molecule has 10 heteroatoms. The number of rotatable bonds is 7. The van der Waals surface area contributed by atoms with Gasteiger partial charge in [0.05, 0.1) is 34.2 Å². The van der Waals surface area contributed by atoms with Crippen LogP contribution in [0.15, 0.2) is 24.3 Å². The molecule has 0 atom stereocenters. The summed E-state index contributed by atoms with van der Waals surface area (Å²) in [4.78, 5) is 22.9. The number of aromatic nitrogens is 1. The van der Waals surface area contributed by atoms with Gasteiger partial charge in [0.25, 0.3) is 5.91 Å². The number of anilines is 1. The third kappa shape index (κ3) is 5.50. The minimum absolute atomic E-state index is 0. The molecule has 0 N–H and O–H groups in total. The largest absolute Gasteiger partial charge is 0.494 e. The molecule has 2 aromatic heterocycles. The van der Waals surface area contributed by atoms with Gasteiger partial charge in [-0.2, -0.15) is 0 Å². The number of benzene rings is 1. The molecular weight excluding hydrogens is 477 g/mol. The van der Waals surface area contributed by atoms with Crippen molar-refractivity contribution in [2.24, 2.45) is 0 Å². The Kier molecular flexibility index (Phi) is 8.55. The second-order valence-electron chi connectivity index (χ2n) is 7.13. The summed E-state index contributed by atoms with van der Waals surface area (Å²) >= 11 is 8.91. The van der Waals surface area contributed by atoms with E-state index in [1.54, 1.807) is 24.1 Å². The Bertz CT molecular complexity index is 1030. The summed E-state index contributed by atoms with van der Waals surface area (Å²) in [7, 11) is 1.64. The Morgan fingerprint density at radius 3 is 2.71 bits per heavy atom. The third-order valence-corrected chi connectivity index (χ3v) is 7.56. The second kappa shape index (κ2) is 10.9. The van der Waals surface area contributed by atoms with Crippen LogP contribution in [0.1, 0.15) is 21.7 Å². The summed E-state index contributed by atoms with van der Waals surface area (Å²) in [5.41, 5.74) is 1.92. The number of halogens is 2. The maximum absolute atomic E-state index is 13.3. The SMILES string of the molecule is COc1ccc(C)c2sc(N(CCCN3CCOCC3)C(=O)c3ccc(Cl)s3)nc12.Cl. The van der Waals surface area contributed by atoms with Crippen LogP contribution in [0.3, 0.4) is 0 Å². The van der Waals surface area contributed by atoms with Gasteiger partial charge in [0.1, 0.15) is 11.3 Å². The van der Waals surface area contributed by atoms with Crippen molar-refractivity contribution in [2.45, 2.75) is 13.3 Å². The summed E-state index contributed by atoms with van der Waals surface area (Å²) < 4.78 is 12.6. The van der Waals surface area contributed by atoms with Crippen LogP contribution in [0.25, 0.3) is 10.2 Å². The Morgan fingerprint density at radius 1 is 1.26 bits per heavy atom. The molecule has 1 saturated heterocycles. The molecule has 1 aliphatic heterocycles. The highest BCUT2D eigenvalue weighted by Gasteiger charge is 2.24. The number of hydrogen-bond acceptors (Lipinski definition) is 7. The first kappa shape index (κ1) is 24.2. The molecule has 6 nitrogen and oxygen atoms in total. The van der Waals surface area contributed by atoms with Gasteiger partial charge in [-0.05, 0) is 37.1 Å². The second-order valence-corrected chi connectivity index (χ2v) is 9.82. The summed E-state index contributed by atoms with van der Waals surface area (Å²) in [6.45, 7) is 6.98. The number of thiazole rings is 1. The number of thiophene rings is 1. The van der Waals surface area contributed by atoms with Crippen LogP contribution < -0.4 is 9.64 Å². The standard InChI is InChI=1S/C21H24ClN3O3S2.ClH/c1-14-4-5-15(27-2)18-19(14)30-21(23-18)25(20(26)16-6-7-17(22)29-16)9-3-8-24-10-12-28-13-11-24;/h4-7H,3,8-13H2,1-2H3;1H. The predicted molar refractivity (Wildman–Crippen MR) is 131 cm³/mol. The fraction of sp³-hybridized carbons (Fsp3) is 0.429. The van der Waals surface area contributed by atoms with Crippen LogP contribution in [0.2, 0.25) is 4.34 Å². The van der Waals surface area contributed by atoms with Crippen LogP contribution in [0.4, 0.5) is 5.13 Å². The molecule has 31 heavy (non-hydrogen) atoms. The molecule has 0 bridgehead atoms. The van der Waals surface area contributed by atoms with Gasteiger partial charge in [0.15, 0.2) is 5.13 Å². The number of nitrogens with zero attached hydrogens (tertiary/aromatic N) is 3. The highest BCUT2D eigenvalue weighted by molar-refractivity contribution is 7.22. The van der Waals surface area contributed by atoms with Crippen molar-refractivity contribution in [1.82, 2.24) is 9.88 Å². The highest BCUT2D eigenvalue weighted by Crippen LogP contribution is 2.37. The first-order chi connectivity index (χ1) is 14.6. The van der Waals surface area contributed by atoms with E-state index < -0.39 is 0 Å². The quantitative estimate of drug-likeness (QED) is 0.449. The molecule has 0 radical (unpaired) electrons. The lowest BCUT2D eigenvalue weighted by Crippen LogP contribution is -2.39. The summed E-state index contributed by atoms with van der Waals surface area (Å²) in [6, 6.07) is 7.48. The molecule has 0 unspecified atom stereocenters. The first-order valence-corrected chi connectivity index (χ1v) is 11.9. The van der Waals surface area contributed by atoms with Crippen molar-refractivity contribution in [1.29, 1.82) is 0 Å². The van der Waals surface area contributed by atoms with E-state index in [4.69, 9.17) is 26.1 Å². The Labute approximate surface area is 201 Å². The Balaban J connectivity index is 0.00000272. The Hall–Kier alpha value is -1.42. The van der Waals surface area contributed by atoms with Gasteiger partial charge in [-0.3, -0.25) is 14.6 Å². The van der Waals surface area contributed by atoms with Gasteiger partial charge in [-0.15, -0.1) is 23.7 Å². The molecule has 0 aliphatic carbocycles. The molecule has 1 fully saturated rings. The van der Waals surface area contributed by atoms with Crippen LogP contribution in [-0.4, -0.2) is 62.3 Å². The van der Waals surface area contributed by atoms with E-state index in [1.165, 1.54) is 22.7 Å². The van der Waals surface area contributed by atoms with Gasteiger partial charge in [-0.25, -0.2) is 4.98 Å². The van der Waals surface area contributed by atoms with Gasteiger partial charge < -0.3 is 9.47 Å². The van der Waals surface area contributed by atoms with Crippen molar-refractivity contribution in [3.8, 4) is 5.75 Å². The van der Waals surface area contributed by atoms with Gasteiger partial charge in [-0.1, -0.05) is 29.0 Å². The highest BCUT2D eigenvalue weighted by atomic mass is 35.5. The summed E-state index contributed by atoms with van der Waals surface area (Å²) in [5.74, 6) is 0.655. The zero-order valence-electron chi connectivity index (χ0n) is 17.4. The first-order valence-electron chi connectivity index (χ1n) is 9.88. The number of carbonyl (C=O) groups excluding carboxylic acids is 1. The molecule has 3 aromatic rings. The fourth-order valence-corrected chi connectivity index (χ4v) is 5.57. The molecule has 1 aliphatic rings. The number of methoxy groups -OCH3 is 1. The molecular formula is C21H25Cl2N3O3S2. The average molecular weight is 502 g/mol. The number of hydrogen-bond donors (Lipinski definition) is 0. The summed E-state index contributed by atoms with van der Waals surface area (Å²) in [6.07, 6.45) is 0.858. The number of aryl methyl sites for hydroxylation is 1. The van der Waals surface area contributed by atoms with Crippen LogP contribution in [-0.2, 0) is 4.74 Å². The number of ether oxygens (including phenoxy) is 2. The van der Waals surface area contributed by atoms with E-state index in [2.05, 4.69) is 4.90 Å². The van der Waals surface area contributed by atoms with E-state index in [0.717, 1.165) is 60.8 Å². The van der Waals surface area contributed by atoms with Crippen LogP contribution >= 0.6 is 46.7 Å². The molecule has 168 valence electrons. The average Bonchev–Trinajstić information content (AvgIpc) is 3.39. The van der Waals surface area contributed by atoms with Gasteiger partial charge >= 0.3 is 0 Å². The molecule has 3 heterocycles. The number of carbonyl (C=O) groups is 1. The van der Waals surface area contributed by atoms with Crippen LogP contribution in [0.5, 0.6) is 5.75 Å². The normalized spacial score (nSPS) is 14.4. The number of amides is 1. The monoisotopic (exact) mass is 501 g/mol. The topological polar surface area (TPSA) is 54.9 Å². The van der Waals surface area contributed by atoms with Crippen LogP contribution in [0, 0.1) is 6.92 Å². The Morgan fingerprint density at radius 2 is 2.03 bits per heavy atom.